The number of nitrogens with one attached hydrogen (secondary N) is 1. The van der Waals surface area contributed by atoms with Gasteiger partial charge in [-0.25, -0.2) is 14.4 Å². The van der Waals surface area contributed by atoms with Crippen LogP contribution >= 0.6 is 15.9 Å². The highest BCUT2D eigenvalue weighted by Gasteiger charge is 2.27. The number of rotatable bonds is 6. The first kappa shape index (κ1) is 15.8. The number of nitrogens with zero attached hydrogens (tertiary/aromatic N) is 3. The number of anilines is 1. The zero-order chi connectivity index (χ0) is 16.4. The van der Waals surface area contributed by atoms with Gasteiger partial charge in [0.25, 0.3) is 0 Å². The third-order valence-electron chi connectivity index (χ3n) is 3.71. The summed E-state index contributed by atoms with van der Waals surface area (Å²) in [6.07, 6.45) is 5.48. The lowest BCUT2D eigenvalue weighted by molar-refractivity contribution is -0.385. The van der Waals surface area contributed by atoms with Gasteiger partial charge in [0.05, 0.1) is 11.0 Å². The lowest BCUT2D eigenvalue weighted by Crippen LogP contribution is -2.14. The highest BCUT2D eigenvalue weighted by molar-refractivity contribution is 9.10. The van der Waals surface area contributed by atoms with Gasteiger partial charge >= 0.3 is 5.69 Å². The molecule has 2 aromatic rings. The summed E-state index contributed by atoms with van der Waals surface area (Å²) >= 11 is 3.30. The maximum atomic E-state index is 13.7. The van der Waals surface area contributed by atoms with Crippen molar-refractivity contribution in [3.05, 3.63) is 56.6 Å². The van der Waals surface area contributed by atoms with Gasteiger partial charge in [-0.3, -0.25) is 10.1 Å². The van der Waals surface area contributed by atoms with E-state index in [1.165, 1.54) is 12.1 Å². The molecule has 0 saturated heterocycles. The first-order valence-electron chi connectivity index (χ1n) is 7.20. The molecule has 0 spiro atoms. The van der Waals surface area contributed by atoms with Crippen LogP contribution in [0.5, 0.6) is 0 Å². The number of halogens is 2. The summed E-state index contributed by atoms with van der Waals surface area (Å²) in [5, 5.41) is 13.8. The van der Waals surface area contributed by atoms with E-state index in [0.717, 1.165) is 37.2 Å². The molecule has 0 aliphatic heterocycles. The molecule has 0 radical (unpaired) electrons. The molecule has 1 heterocycles. The predicted molar refractivity (Wildman–Crippen MR) is 86.5 cm³/mol. The van der Waals surface area contributed by atoms with Crippen LogP contribution in [0.15, 0.2) is 35.1 Å². The van der Waals surface area contributed by atoms with Crippen molar-refractivity contribution in [2.24, 2.45) is 5.92 Å². The molecule has 1 N–H and O–H groups in total. The van der Waals surface area contributed by atoms with Crippen molar-refractivity contribution in [2.75, 3.05) is 5.32 Å². The third-order valence-corrected chi connectivity index (χ3v) is 4.16. The smallest absolute Gasteiger partial charge is 0.305 e. The highest BCUT2D eigenvalue weighted by Crippen LogP contribution is 2.39. The Balaban J connectivity index is 1.82. The molecular formula is C15H14BrFN4O2. The van der Waals surface area contributed by atoms with Gasteiger partial charge in [0.1, 0.15) is 18.2 Å². The summed E-state index contributed by atoms with van der Waals surface area (Å²) in [6.45, 7) is 0. The molecule has 0 amide bonds. The number of nitro groups is 1. The summed E-state index contributed by atoms with van der Waals surface area (Å²) < 4.78 is 14.3. The Morgan fingerprint density at radius 1 is 1.35 bits per heavy atom. The minimum atomic E-state index is -0.546. The Kier molecular flexibility index (Phi) is 4.51. The van der Waals surface area contributed by atoms with Crippen LogP contribution in [-0.4, -0.2) is 14.9 Å². The normalized spacial score (nSPS) is 15.2. The lowest BCUT2D eigenvalue weighted by atomic mass is 10.0. The number of hydrogen-bond acceptors (Lipinski definition) is 5. The molecule has 120 valence electrons. The molecule has 1 saturated carbocycles. The fourth-order valence-electron chi connectivity index (χ4n) is 2.39. The molecule has 1 aromatic heterocycles. The molecule has 1 aromatic carbocycles. The summed E-state index contributed by atoms with van der Waals surface area (Å²) in [6, 6.07) is 4.60. The van der Waals surface area contributed by atoms with E-state index < -0.39 is 4.92 Å². The molecule has 1 aliphatic carbocycles. The highest BCUT2D eigenvalue weighted by atomic mass is 79.9. The Morgan fingerprint density at radius 2 is 2.04 bits per heavy atom. The van der Waals surface area contributed by atoms with Crippen molar-refractivity contribution in [2.45, 2.75) is 25.3 Å². The summed E-state index contributed by atoms with van der Waals surface area (Å²) in [5.41, 5.74) is 0.633. The molecule has 1 unspecified atom stereocenters. The second kappa shape index (κ2) is 6.57. The van der Waals surface area contributed by atoms with Gasteiger partial charge in [-0.15, -0.1) is 0 Å². The second-order valence-electron chi connectivity index (χ2n) is 5.60. The zero-order valence-corrected chi connectivity index (χ0v) is 13.7. The maximum Gasteiger partial charge on any atom is 0.305 e. The fourth-order valence-corrected chi connectivity index (χ4v) is 2.87. The van der Waals surface area contributed by atoms with Crippen LogP contribution in [-0.2, 0) is 0 Å². The van der Waals surface area contributed by atoms with E-state index in [2.05, 4.69) is 31.2 Å². The van der Waals surface area contributed by atoms with Gasteiger partial charge in [0.15, 0.2) is 0 Å². The standard InChI is InChI=1S/C15H14BrFN4O2/c16-11-4-10(5-12(17)6-11)14(3-9-1-2-9)20-15-18-7-13(8-19-15)21(22)23/h4-9,14H,1-3H2,(H,18,19,20). The van der Waals surface area contributed by atoms with Crippen LogP contribution in [0.2, 0.25) is 0 Å². The van der Waals surface area contributed by atoms with Crippen LogP contribution in [0.1, 0.15) is 30.9 Å². The van der Waals surface area contributed by atoms with E-state index in [1.54, 1.807) is 0 Å². The number of aromatic nitrogens is 2. The molecule has 0 bridgehead atoms. The molecule has 23 heavy (non-hydrogen) atoms. The molecule has 1 aliphatic rings. The summed E-state index contributed by atoms with van der Waals surface area (Å²) in [5.74, 6) is 0.579. The minimum Gasteiger partial charge on any atom is -0.347 e. The van der Waals surface area contributed by atoms with Crippen molar-refractivity contribution in [3.8, 4) is 0 Å². The van der Waals surface area contributed by atoms with Crippen molar-refractivity contribution in [1.82, 2.24) is 9.97 Å². The van der Waals surface area contributed by atoms with Crippen LogP contribution in [0.25, 0.3) is 0 Å². The number of hydrogen-bond donors (Lipinski definition) is 1. The predicted octanol–water partition coefficient (Wildman–Crippen LogP) is 4.24. The van der Waals surface area contributed by atoms with Crippen LogP contribution in [0.3, 0.4) is 0 Å². The van der Waals surface area contributed by atoms with Crippen molar-refractivity contribution in [3.63, 3.8) is 0 Å². The molecule has 3 rings (SSSR count). The molecule has 1 fully saturated rings. The van der Waals surface area contributed by atoms with Gasteiger partial charge in [0.2, 0.25) is 5.95 Å². The van der Waals surface area contributed by atoms with Crippen LogP contribution in [0, 0.1) is 21.8 Å². The van der Waals surface area contributed by atoms with Gasteiger partial charge in [-0.1, -0.05) is 28.8 Å². The molecular weight excluding hydrogens is 367 g/mol. The van der Waals surface area contributed by atoms with E-state index in [-0.39, 0.29) is 17.5 Å². The Morgan fingerprint density at radius 3 is 2.61 bits per heavy atom. The fraction of sp³-hybridized carbons (Fsp3) is 0.333. The van der Waals surface area contributed by atoms with Crippen LogP contribution in [0.4, 0.5) is 16.0 Å². The molecule has 6 nitrogen and oxygen atoms in total. The van der Waals surface area contributed by atoms with Crippen LogP contribution < -0.4 is 5.32 Å². The van der Waals surface area contributed by atoms with E-state index in [9.17, 15) is 14.5 Å². The first-order chi connectivity index (χ1) is 11.0. The average Bonchev–Trinajstić information content (AvgIpc) is 3.30. The van der Waals surface area contributed by atoms with Gasteiger partial charge in [-0.2, -0.15) is 0 Å². The first-order valence-corrected chi connectivity index (χ1v) is 7.99. The third kappa shape index (κ3) is 4.22. The topological polar surface area (TPSA) is 81.0 Å². The van der Waals surface area contributed by atoms with E-state index >= 15 is 0 Å². The van der Waals surface area contributed by atoms with Gasteiger partial charge in [-0.05, 0) is 36.1 Å². The number of benzene rings is 1. The van der Waals surface area contributed by atoms with E-state index in [4.69, 9.17) is 0 Å². The SMILES string of the molecule is O=[N+]([O-])c1cnc(NC(CC2CC2)c2cc(F)cc(Br)c2)nc1. The largest absolute Gasteiger partial charge is 0.347 e. The quantitative estimate of drug-likeness (QED) is 0.598. The van der Waals surface area contributed by atoms with E-state index in [0.29, 0.717) is 16.3 Å². The summed E-state index contributed by atoms with van der Waals surface area (Å²) in [4.78, 5) is 18.0. The molecule has 8 heteroatoms. The van der Waals surface area contributed by atoms with E-state index in [1.807, 2.05) is 6.07 Å². The average molecular weight is 381 g/mol. The minimum absolute atomic E-state index is 0.143. The Hall–Kier alpha value is -2.09. The van der Waals surface area contributed by atoms with Crippen molar-refractivity contribution < 1.29 is 9.31 Å². The Labute approximate surface area is 140 Å². The monoisotopic (exact) mass is 380 g/mol. The van der Waals surface area contributed by atoms with Crippen molar-refractivity contribution >= 4 is 27.6 Å². The zero-order valence-electron chi connectivity index (χ0n) is 12.1. The lowest BCUT2D eigenvalue weighted by Gasteiger charge is -2.19. The van der Waals surface area contributed by atoms with Gasteiger partial charge in [0, 0.05) is 4.47 Å². The molecule has 1 atom stereocenters. The van der Waals surface area contributed by atoms with Gasteiger partial charge < -0.3 is 5.32 Å². The summed E-state index contributed by atoms with van der Waals surface area (Å²) in [7, 11) is 0. The maximum absolute atomic E-state index is 13.7. The second-order valence-corrected chi connectivity index (χ2v) is 6.52. The van der Waals surface area contributed by atoms with Crippen molar-refractivity contribution in [1.29, 1.82) is 0 Å². The Bertz CT molecular complexity index is 702.